The van der Waals surface area contributed by atoms with Gasteiger partial charge in [0.25, 0.3) is 20.2 Å². The molecule has 0 unspecified atom stereocenters. The third-order valence-electron chi connectivity index (χ3n) is 3.02. The van der Waals surface area contributed by atoms with Crippen LogP contribution in [0.2, 0.25) is 0 Å². The van der Waals surface area contributed by atoms with Crippen LogP contribution in [-0.2, 0) is 28.6 Å². The van der Waals surface area contributed by atoms with Crippen molar-refractivity contribution >= 4 is 84.0 Å². The number of hydrogen-bond donors (Lipinski definition) is 0. The molecule has 0 aliphatic rings. The first-order valence-corrected chi connectivity index (χ1v) is 13.2. The molecule has 0 aliphatic heterocycles. The minimum absolute atomic E-state index is 0.0537. The number of rotatable bonds is 6. The Hall–Kier alpha value is -0.260. The molecule has 0 radical (unpaired) electrons. The topological polar surface area (TPSA) is 86.7 Å². The largest absolute Gasteiger partial charge is 0.299 e. The lowest BCUT2D eigenvalue weighted by Gasteiger charge is -2.06. The van der Waals surface area contributed by atoms with Gasteiger partial charge in [0.2, 0.25) is 0 Å². The normalized spacial score (nSPS) is 11.7. The lowest BCUT2D eigenvalue weighted by Crippen LogP contribution is -2.09. The van der Waals surface area contributed by atoms with E-state index in [-0.39, 0.29) is 9.79 Å². The van der Waals surface area contributed by atoms with Crippen LogP contribution in [0.3, 0.4) is 0 Å². The first kappa shape index (κ1) is 24.0. The van der Waals surface area contributed by atoms with Crippen molar-refractivity contribution in [1.82, 2.24) is 0 Å². The van der Waals surface area contributed by atoms with Crippen molar-refractivity contribution in [2.75, 3.05) is 13.2 Å². The average molecular weight is 682 g/mol. The molecule has 28 heavy (non-hydrogen) atoms. The zero-order valence-corrected chi connectivity index (χ0v) is 21.6. The van der Waals surface area contributed by atoms with E-state index >= 15 is 0 Å². The maximum absolute atomic E-state index is 12.2. The molecule has 0 aromatic heterocycles. The minimum Gasteiger partial charge on any atom is -0.253 e. The van der Waals surface area contributed by atoms with E-state index in [1.807, 2.05) is 0 Å². The molecule has 150 valence electrons. The molecule has 6 nitrogen and oxygen atoms in total. The van der Waals surface area contributed by atoms with Gasteiger partial charge in [-0.2, -0.15) is 16.8 Å². The molecule has 0 fully saturated rings. The van der Waals surface area contributed by atoms with E-state index in [9.17, 15) is 16.8 Å². The molecule has 0 spiro atoms. The molecule has 0 N–H and O–H groups in total. The van der Waals surface area contributed by atoms with Gasteiger partial charge in [-0.15, -0.1) is 0 Å². The molecule has 12 heteroatoms. The average Bonchev–Trinajstić information content (AvgIpc) is 2.61. The molecule has 0 heterocycles. The predicted molar refractivity (Wildman–Crippen MR) is 118 cm³/mol. The lowest BCUT2D eigenvalue weighted by molar-refractivity contribution is 0.355. The number of benzene rings is 2. The lowest BCUT2D eigenvalue weighted by atomic mass is 10.4. The molecule has 0 bridgehead atoms. The van der Waals surface area contributed by atoms with Gasteiger partial charge in [0.1, 0.15) is 23.0 Å². The minimum atomic E-state index is -4.03. The number of halogens is 4. The van der Waals surface area contributed by atoms with Crippen molar-refractivity contribution in [3.63, 3.8) is 0 Å². The van der Waals surface area contributed by atoms with Crippen LogP contribution in [0, 0.1) is 11.8 Å². The van der Waals surface area contributed by atoms with E-state index in [4.69, 9.17) is 8.37 Å². The van der Waals surface area contributed by atoms with E-state index in [0.29, 0.717) is 17.9 Å². The van der Waals surface area contributed by atoms with Gasteiger partial charge < -0.3 is 0 Å². The second-order valence-corrected chi connectivity index (χ2v) is 11.6. The van der Waals surface area contributed by atoms with Crippen LogP contribution in [0.1, 0.15) is 0 Å². The molecule has 0 saturated carbocycles. The standard InChI is InChI=1S/C16H10Br4O6S2/c17-11-3-5-13(19)15(9-11)27(21,22)25-7-1-2-8-26-28(23,24)16-10-12(18)4-6-14(16)20/h3-6,9-10H,7-8H2. The van der Waals surface area contributed by atoms with Gasteiger partial charge >= 0.3 is 0 Å². The molecule has 0 amide bonds. The van der Waals surface area contributed by atoms with Gasteiger partial charge in [0.05, 0.1) is 0 Å². The van der Waals surface area contributed by atoms with Gasteiger partial charge in [-0.25, -0.2) is 0 Å². The summed E-state index contributed by atoms with van der Waals surface area (Å²) < 4.78 is 60.2. The first-order valence-electron chi connectivity index (χ1n) is 7.17. The number of hydrogen-bond acceptors (Lipinski definition) is 6. The third kappa shape index (κ3) is 6.63. The summed E-state index contributed by atoms with van der Waals surface area (Å²) in [7, 11) is -8.06. The summed E-state index contributed by atoms with van der Waals surface area (Å²) in [6.45, 7) is -0.906. The summed E-state index contributed by atoms with van der Waals surface area (Å²) in [5.74, 6) is 4.81. The van der Waals surface area contributed by atoms with Crippen LogP contribution in [0.15, 0.2) is 64.1 Å². The van der Waals surface area contributed by atoms with Crippen LogP contribution < -0.4 is 0 Å². The zero-order valence-electron chi connectivity index (χ0n) is 13.7. The monoisotopic (exact) mass is 678 g/mol. The van der Waals surface area contributed by atoms with Crippen LogP contribution in [0.5, 0.6) is 0 Å². The smallest absolute Gasteiger partial charge is 0.253 e. The Morgan fingerprint density at radius 1 is 0.679 bits per heavy atom. The van der Waals surface area contributed by atoms with E-state index in [0.717, 1.165) is 0 Å². The highest BCUT2D eigenvalue weighted by atomic mass is 79.9. The highest BCUT2D eigenvalue weighted by Crippen LogP contribution is 2.28. The van der Waals surface area contributed by atoms with E-state index < -0.39 is 33.5 Å². The van der Waals surface area contributed by atoms with Gasteiger partial charge in [-0.1, -0.05) is 43.7 Å². The van der Waals surface area contributed by atoms with Crippen molar-refractivity contribution in [3.05, 3.63) is 54.3 Å². The Labute approximate surface area is 196 Å². The molecule has 0 aliphatic carbocycles. The molecular weight excluding hydrogens is 672 g/mol. The predicted octanol–water partition coefficient (Wildman–Crippen LogP) is 4.85. The molecule has 2 rings (SSSR count). The summed E-state index contributed by atoms with van der Waals surface area (Å²) in [4.78, 5) is -0.107. The fraction of sp³-hybridized carbons (Fsp3) is 0.125. The highest BCUT2D eigenvalue weighted by molar-refractivity contribution is 9.11. The summed E-state index contributed by atoms with van der Waals surface area (Å²) in [5, 5.41) is 0. The molecule has 0 atom stereocenters. The Morgan fingerprint density at radius 3 is 1.39 bits per heavy atom. The van der Waals surface area contributed by atoms with Crippen LogP contribution >= 0.6 is 63.7 Å². The second kappa shape index (κ2) is 10.2. The third-order valence-corrected chi connectivity index (χ3v) is 8.53. The summed E-state index contributed by atoms with van der Waals surface area (Å²) >= 11 is 12.7. The zero-order chi connectivity index (χ0) is 20.9. The quantitative estimate of drug-likeness (QED) is 0.320. The SMILES string of the molecule is O=S(=O)(OCC#CCOS(=O)(=O)c1cc(Br)ccc1Br)c1cc(Br)ccc1Br. The molecule has 2 aromatic carbocycles. The maximum atomic E-state index is 12.2. The summed E-state index contributed by atoms with van der Waals surface area (Å²) in [6, 6.07) is 9.24. The Kier molecular flexibility index (Phi) is 8.72. The van der Waals surface area contributed by atoms with Crippen molar-refractivity contribution in [2.24, 2.45) is 0 Å². The maximum Gasteiger partial charge on any atom is 0.299 e. The Balaban J connectivity index is 1.97. The van der Waals surface area contributed by atoms with Crippen molar-refractivity contribution in [2.45, 2.75) is 9.79 Å². The summed E-state index contributed by atoms with van der Waals surface area (Å²) in [6.07, 6.45) is 0. The Bertz CT molecular complexity index is 1060. The van der Waals surface area contributed by atoms with Gasteiger partial charge in [0, 0.05) is 17.9 Å². The van der Waals surface area contributed by atoms with E-state index in [1.165, 1.54) is 12.1 Å². The molecule has 2 aromatic rings. The Morgan fingerprint density at radius 2 is 1.04 bits per heavy atom. The van der Waals surface area contributed by atoms with Gasteiger partial charge in [-0.3, -0.25) is 8.37 Å². The highest BCUT2D eigenvalue weighted by Gasteiger charge is 2.20. The van der Waals surface area contributed by atoms with Crippen molar-refractivity contribution in [1.29, 1.82) is 0 Å². The second-order valence-electron chi connectivity index (χ2n) is 4.94. The van der Waals surface area contributed by atoms with Crippen molar-refractivity contribution < 1.29 is 25.2 Å². The van der Waals surface area contributed by atoms with Crippen LogP contribution in [0.25, 0.3) is 0 Å². The molecular formula is C16H10Br4O6S2. The van der Waals surface area contributed by atoms with Crippen LogP contribution in [-0.4, -0.2) is 30.0 Å². The van der Waals surface area contributed by atoms with Crippen LogP contribution in [0.4, 0.5) is 0 Å². The first-order chi connectivity index (χ1) is 13.0. The fourth-order valence-corrected chi connectivity index (χ4v) is 6.33. The van der Waals surface area contributed by atoms with Gasteiger partial charge in [0.15, 0.2) is 0 Å². The van der Waals surface area contributed by atoms with Crippen molar-refractivity contribution in [3.8, 4) is 11.8 Å². The summed E-state index contributed by atoms with van der Waals surface area (Å²) in [5.41, 5.74) is 0. The van der Waals surface area contributed by atoms with E-state index in [1.54, 1.807) is 24.3 Å². The fourth-order valence-electron chi connectivity index (χ4n) is 1.78. The molecule has 0 saturated heterocycles. The van der Waals surface area contributed by atoms with E-state index in [2.05, 4.69) is 75.6 Å². The van der Waals surface area contributed by atoms with Gasteiger partial charge in [-0.05, 0) is 68.3 Å².